The van der Waals surface area contributed by atoms with Gasteiger partial charge in [0.25, 0.3) is 0 Å². The molecule has 0 aromatic carbocycles. The van der Waals surface area contributed by atoms with E-state index in [1.807, 2.05) is 26.8 Å². The van der Waals surface area contributed by atoms with Crippen molar-refractivity contribution in [3.05, 3.63) is 23.7 Å². The minimum Gasteiger partial charge on any atom is -0.468 e. The maximum Gasteiger partial charge on any atom is 0.120 e. The summed E-state index contributed by atoms with van der Waals surface area (Å²) in [6.07, 6.45) is 2.28. The standard InChI is InChI=1S/C12H21NO2/c1-9(2)11(14)4-6-13-8-12-10(3)5-7-15-12/h5,7,9,11,13-14H,4,6,8H2,1-3H3. The van der Waals surface area contributed by atoms with Crippen LogP contribution in [0.25, 0.3) is 0 Å². The van der Waals surface area contributed by atoms with Gasteiger partial charge in [0.1, 0.15) is 5.76 Å². The molecule has 0 saturated carbocycles. The highest BCUT2D eigenvalue weighted by atomic mass is 16.3. The van der Waals surface area contributed by atoms with Gasteiger partial charge in [0.2, 0.25) is 0 Å². The van der Waals surface area contributed by atoms with Crippen LogP contribution in [0.15, 0.2) is 16.7 Å². The zero-order valence-corrected chi connectivity index (χ0v) is 9.79. The topological polar surface area (TPSA) is 45.4 Å². The Bertz CT molecular complexity index is 281. The van der Waals surface area contributed by atoms with Crippen LogP contribution >= 0.6 is 0 Å². The van der Waals surface area contributed by atoms with E-state index in [0.29, 0.717) is 5.92 Å². The first-order chi connectivity index (χ1) is 7.11. The molecule has 0 radical (unpaired) electrons. The molecule has 0 aliphatic heterocycles. The first-order valence-electron chi connectivity index (χ1n) is 5.53. The third-order valence-corrected chi connectivity index (χ3v) is 2.64. The summed E-state index contributed by atoms with van der Waals surface area (Å²) in [5.74, 6) is 1.31. The van der Waals surface area contributed by atoms with Crippen molar-refractivity contribution < 1.29 is 9.52 Å². The molecule has 0 fully saturated rings. The van der Waals surface area contributed by atoms with Crippen molar-refractivity contribution in [1.29, 1.82) is 0 Å². The largest absolute Gasteiger partial charge is 0.468 e. The van der Waals surface area contributed by atoms with Crippen molar-refractivity contribution in [3.8, 4) is 0 Å². The smallest absolute Gasteiger partial charge is 0.120 e. The van der Waals surface area contributed by atoms with Crippen LogP contribution in [0.1, 0.15) is 31.6 Å². The molecule has 0 spiro atoms. The average Bonchev–Trinajstić information content (AvgIpc) is 2.58. The molecule has 0 aliphatic rings. The SMILES string of the molecule is Cc1ccoc1CNCCC(O)C(C)C. The molecule has 1 aromatic heterocycles. The molecule has 2 N–H and O–H groups in total. The summed E-state index contributed by atoms with van der Waals surface area (Å²) in [7, 11) is 0. The molecule has 86 valence electrons. The Hall–Kier alpha value is -0.800. The van der Waals surface area contributed by atoms with Crippen molar-refractivity contribution in [1.82, 2.24) is 5.32 Å². The lowest BCUT2D eigenvalue weighted by molar-refractivity contribution is 0.116. The van der Waals surface area contributed by atoms with E-state index in [9.17, 15) is 5.11 Å². The Labute approximate surface area is 91.5 Å². The van der Waals surface area contributed by atoms with Gasteiger partial charge in [-0.3, -0.25) is 0 Å². The number of nitrogens with one attached hydrogen (secondary N) is 1. The minimum absolute atomic E-state index is 0.213. The Balaban J connectivity index is 2.15. The Morgan fingerprint density at radius 2 is 2.20 bits per heavy atom. The monoisotopic (exact) mass is 211 g/mol. The Morgan fingerprint density at radius 1 is 1.47 bits per heavy atom. The number of hydrogen-bond acceptors (Lipinski definition) is 3. The highest BCUT2D eigenvalue weighted by molar-refractivity contribution is 5.13. The summed E-state index contributed by atoms with van der Waals surface area (Å²) in [4.78, 5) is 0. The molecule has 1 heterocycles. The van der Waals surface area contributed by atoms with Gasteiger partial charge in [-0.05, 0) is 37.4 Å². The van der Waals surface area contributed by atoms with Crippen LogP contribution in [0.3, 0.4) is 0 Å². The third-order valence-electron chi connectivity index (χ3n) is 2.64. The van der Waals surface area contributed by atoms with Crippen molar-refractivity contribution >= 4 is 0 Å². The van der Waals surface area contributed by atoms with E-state index >= 15 is 0 Å². The molecule has 0 saturated heterocycles. The molecule has 1 rings (SSSR count). The average molecular weight is 211 g/mol. The quantitative estimate of drug-likeness (QED) is 0.708. The molecule has 0 amide bonds. The lowest BCUT2D eigenvalue weighted by atomic mass is 10.0. The summed E-state index contributed by atoms with van der Waals surface area (Å²) in [6.45, 7) is 7.65. The number of hydrogen-bond donors (Lipinski definition) is 2. The van der Waals surface area contributed by atoms with E-state index in [0.717, 1.165) is 25.3 Å². The summed E-state index contributed by atoms with van der Waals surface area (Å²) >= 11 is 0. The predicted molar refractivity (Wildman–Crippen MR) is 60.6 cm³/mol. The number of rotatable bonds is 6. The molecule has 3 nitrogen and oxygen atoms in total. The molecular weight excluding hydrogens is 190 g/mol. The second-order valence-corrected chi connectivity index (χ2v) is 4.30. The lowest BCUT2D eigenvalue weighted by Crippen LogP contribution is -2.23. The summed E-state index contributed by atoms with van der Waals surface area (Å²) in [6, 6.07) is 1.96. The first-order valence-corrected chi connectivity index (χ1v) is 5.53. The zero-order chi connectivity index (χ0) is 11.3. The highest BCUT2D eigenvalue weighted by Gasteiger charge is 2.08. The number of aliphatic hydroxyl groups excluding tert-OH is 1. The predicted octanol–water partition coefficient (Wildman–Crippen LogP) is 2.08. The van der Waals surface area contributed by atoms with Crippen LogP contribution in [0.2, 0.25) is 0 Å². The van der Waals surface area contributed by atoms with Crippen molar-refractivity contribution in [2.24, 2.45) is 5.92 Å². The number of furan rings is 1. The molecule has 1 aromatic rings. The summed E-state index contributed by atoms with van der Waals surface area (Å²) in [5, 5.41) is 12.8. The van der Waals surface area contributed by atoms with Crippen molar-refractivity contribution in [3.63, 3.8) is 0 Å². The van der Waals surface area contributed by atoms with Crippen molar-refractivity contribution in [2.75, 3.05) is 6.54 Å². The molecule has 3 heteroatoms. The first kappa shape index (κ1) is 12.3. The zero-order valence-electron chi connectivity index (χ0n) is 9.79. The van der Waals surface area contributed by atoms with Crippen LogP contribution in [0.5, 0.6) is 0 Å². The second kappa shape index (κ2) is 5.93. The summed E-state index contributed by atoms with van der Waals surface area (Å²) in [5.41, 5.74) is 1.17. The molecule has 1 atom stereocenters. The van der Waals surface area contributed by atoms with E-state index in [-0.39, 0.29) is 6.10 Å². The fourth-order valence-electron chi connectivity index (χ4n) is 1.37. The molecule has 0 bridgehead atoms. The molecule has 15 heavy (non-hydrogen) atoms. The number of aryl methyl sites for hydroxylation is 1. The maximum atomic E-state index is 9.57. The van der Waals surface area contributed by atoms with E-state index in [4.69, 9.17) is 4.42 Å². The fourth-order valence-corrected chi connectivity index (χ4v) is 1.37. The van der Waals surface area contributed by atoms with Gasteiger partial charge < -0.3 is 14.8 Å². The highest BCUT2D eigenvalue weighted by Crippen LogP contribution is 2.08. The third kappa shape index (κ3) is 4.06. The van der Waals surface area contributed by atoms with Gasteiger partial charge in [0, 0.05) is 0 Å². The minimum atomic E-state index is -0.213. The molecule has 0 aliphatic carbocycles. The molecule has 1 unspecified atom stereocenters. The Kier molecular flexibility index (Phi) is 4.85. The lowest BCUT2D eigenvalue weighted by Gasteiger charge is -2.14. The van der Waals surface area contributed by atoms with Crippen LogP contribution < -0.4 is 5.32 Å². The van der Waals surface area contributed by atoms with E-state index in [1.165, 1.54) is 5.56 Å². The number of aliphatic hydroxyl groups is 1. The van der Waals surface area contributed by atoms with Gasteiger partial charge >= 0.3 is 0 Å². The molecular formula is C12H21NO2. The Morgan fingerprint density at radius 3 is 2.73 bits per heavy atom. The van der Waals surface area contributed by atoms with Gasteiger partial charge in [-0.2, -0.15) is 0 Å². The summed E-state index contributed by atoms with van der Waals surface area (Å²) < 4.78 is 5.29. The van der Waals surface area contributed by atoms with Gasteiger partial charge in [-0.25, -0.2) is 0 Å². The van der Waals surface area contributed by atoms with Crippen molar-refractivity contribution in [2.45, 2.75) is 39.8 Å². The van der Waals surface area contributed by atoms with Gasteiger partial charge in [0.15, 0.2) is 0 Å². The normalized spacial score (nSPS) is 13.4. The maximum absolute atomic E-state index is 9.57. The van der Waals surface area contributed by atoms with Crippen LogP contribution in [0.4, 0.5) is 0 Å². The van der Waals surface area contributed by atoms with Gasteiger partial charge in [0.05, 0.1) is 18.9 Å². The van der Waals surface area contributed by atoms with Crippen LogP contribution in [-0.4, -0.2) is 17.8 Å². The van der Waals surface area contributed by atoms with Gasteiger partial charge in [-0.1, -0.05) is 13.8 Å². The fraction of sp³-hybridized carbons (Fsp3) is 0.667. The van der Waals surface area contributed by atoms with Crippen LogP contribution in [0, 0.1) is 12.8 Å². The van der Waals surface area contributed by atoms with Crippen LogP contribution in [-0.2, 0) is 6.54 Å². The second-order valence-electron chi connectivity index (χ2n) is 4.30. The van der Waals surface area contributed by atoms with E-state index in [1.54, 1.807) is 6.26 Å². The van der Waals surface area contributed by atoms with Gasteiger partial charge in [-0.15, -0.1) is 0 Å². The van der Waals surface area contributed by atoms with E-state index < -0.39 is 0 Å². The van der Waals surface area contributed by atoms with E-state index in [2.05, 4.69) is 5.32 Å².